The summed E-state index contributed by atoms with van der Waals surface area (Å²) in [4.78, 5) is 4.63. The van der Waals surface area contributed by atoms with Gasteiger partial charge in [0.1, 0.15) is 5.60 Å². The third kappa shape index (κ3) is 2.37. The largest absolute Gasteiger partial charge is 0.367 e. The van der Waals surface area contributed by atoms with Crippen molar-refractivity contribution in [3.05, 3.63) is 11.7 Å². The highest BCUT2D eigenvalue weighted by Gasteiger charge is 2.46. The van der Waals surface area contributed by atoms with E-state index in [1.807, 2.05) is 13.8 Å². The van der Waals surface area contributed by atoms with Crippen LogP contribution in [0.2, 0.25) is 0 Å². The summed E-state index contributed by atoms with van der Waals surface area (Å²) in [6.45, 7) is 4.69. The monoisotopic (exact) mass is 279 g/mol. The fraction of sp³-hybridized carbons (Fsp3) is 0.867. The average Bonchev–Trinajstić information content (AvgIpc) is 3.17. The van der Waals surface area contributed by atoms with E-state index < -0.39 is 5.54 Å². The molecule has 0 aliphatic heterocycles. The molecule has 3 rings (SSSR count). The summed E-state index contributed by atoms with van der Waals surface area (Å²) >= 11 is 0. The van der Waals surface area contributed by atoms with Gasteiger partial charge >= 0.3 is 0 Å². The number of ether oxygens (including phenoxy) is 1. The highest BCUT2D eigenvalue weighted by atomic mass is 16.5. The molecule has 0 aromatic carbocycles. The van der Waals surface area contributed by atoms with Crippen molar-refractivity contribution < 1.29 is 9.26 Å². The smallest absolute Gasteiger partial charge is 0.246 e. The molecule has 0 spiro atoms. The molecule has 1 unspecified atom stereocenters. The predicted molar refractivity (Wildman–Crippen MR) is 75.0 cm³/mol. The van der Waals surface area contributed by atoms with E-state index in [0.29, 0.717) is 24.2 Å². The molecule has 0 saturated heterocycles. The van der Waals surface area contributed by atoms with Gasteiger partial charge in [0.2, 0.25) is 11.7 Å². The second-order valence-corrected chi connectivity index (χ2v) is 6.47. The van der Waals surface area contributed by atoms with Gasteiger partial charge < -0.3 is 15.0 Å². The summed E-state index contributed by atoms with van der Waals surface area (Å²) in [5.41, 5.74) is 5.52. The fourth-order valence-corrected chi connectivity index (χ4v) is 3.32. The number of aromatic nitrogens is 2. The second kappa shape index (κ2) is 5.11. The lowest BCUT2D eigenvalue weighted by molar-refractivity contribution is -0.0777. The van der Waals surface area contributed by atoms with Crippen LogP contribution >= 0.6 is 0 Å². The molecule has 112 valence electrons. The van der Waals surface area contributed by atoms with Crippen LogP contribution in [0.25, 0.3) is 0 Å². The number of nitrogens with zero attached hydrogens (tertiary/aromatic N) is 2. The molecule has 2 saturated carbocycles. The van der Waals surface area contributed by atoms with E-state index >= 15 is 0 Å². The van der Waals surface area contributed by atoms with Gasteiger partial charge in [-0.3, -0.25) is 0 Å². The predicted octanol–water partition coefficient (Wildman–Crippen LogP) is 2.85. The molecule has 2 fully saturated rings. The van der Waals surface area contributed by atoms with E-state index in [0.717, 1.165) is 38.5 Å². The minimum absolute atomic E-state index is 0.353. The Hall–Kier alpha value is -0.940. The van der Waals surface area contributed by atoms with Crippen molar-refractivity contribution in [2.45, 2.75) is 69.9 Å². The van der Waals surface area contributed by atoms with E-state index in [9.17, 15) is 0 Å². The van der Waals surface area contributed by atoms with Gasteiger partial charge in [0, 0.05) is 6.61 Å². The average molecular weight is 279 g/mol. The summed E-state index contributed by atoms with van der Waals surface area (Å²) in [5, 5.41) is 4.22. The molecule has 5 nitrogen and oxygen atoms in total. The molecular weight excluding hydrogens is 254 g/mol. The van der Waals surface area contributed by atoms with Crippen LogP contribution in [-0.4, -0.2) is 16.7 Å². The van der Waals surface area contributed by atoms with Gasteiger partial charge in [-0.1, -0.05) is 24.4 Å². The Morgan fingerprint density at radius 2 is 2.05 bits per heavy atom. The maximum atomic E-state index is 6.37. The molecule has 20 heavy (non-hydrogen) atoms. The molecule has 1 aromatic heterocycles. The maximum absolute atomic E-state index is 6.37. The quantitative estimate of drug-likeness (QED) is 0.897. The summed E-state index contributed by atoms with van der Waals surface area (Å²) in [6, 6.07) is 0. The third-order valence-corrected chi connectivity index (χ3v) is 4.80. The zero-order valence-corrected chi connectivity index (χ0v) is 12.5. The Labute approximate surface area is 120 Å². The standard InChI is InChI=1S/C15H25N3O2/c1-3-19-15(9-5-4-6-10-15)12-17-13(20-18-12)14(2,16)11-7-8-11/h11H,3-10,16H2,1-2H3. The lowest BCUT2D eigenvalue weighted by Gasteiger charge is -2.34. The zero-order valence-electron chi connectivity index (χ0n) is 12.5. The maximum Gasteiger partial charge on any atom is 0.246 e. The molecule has 1 aromatic rings. The molecule has 2 aliphatic rings. The van der Waals surface area contributed by atoms with E-state index in [4.69, 9.17) is 15.0 Å². The van der Waals surface area contributed by atoms with Crippen LogP contribution in [0.15, 0.2) is 4.52 Å². The van der Waals surface area contributed by atoms with Crippen molar-refractivity contribution in [2.75, 3.05) is 6.61 Å². The number of hydrogen-bond donors (Lipinski definition) is 1. The molecule has 2 aliphatic carbocycles. The first-order valence-electron chi connectivity index (χ1n) is 7.86. The molecular formula is C15H25N3O2. The Morgan fingerprint density at radius 1 is 1.35 bits per heavy atom. The lowest BCUT2D eigenvalue weighted by Crippen LogP contribution is -2.37. The minimum atomic E-state index is -0.493. The van der Waals surface area contributed by atoms with Crippen LogP contribution in [0.4, 0.5) is 0 Å². The van der Waals surface area contributed by atoms with Gasteiger partial charge in [0.15, 0.2) is 0 Å². The van der Waals surface area contributed by atoms with E-state index in [1.165, 1.54) is 6.42 Å². The fourth-order valence-electron chi connectivity index (χ4n) is 3.32. The lowest BCUT2D eigenvalue weighted by atomic mass is 9.84. The SMILES string of the molecule is CCOC1(c2noc(C(C)(N)C3CC3)n2)CCCCC1. The van der Waals surface area contributed by atoms with Crippen molar-refractivity contribution in [2.24, 2.45) is 11.7 Å². The summed E-state index contributed by atoms with van der Waals surface area (Å²) in [5.74, 6) is 1.75. The molecule has 1 heterocycles. The number of nitrogens with two attached hydrogens (primary N) is 1. The first kappa shape index (κ1) is 14.0. The highest BCUT2D eigenvalue weighted by molar-refractivity contribution is 5.11. The van der Waals surface area contributed by atoms with Gasteiger partial charge in [0.05, 0.1) is 5.54 Å². The Balaban J connectivity index is 1.86. The molecule has 1 atom stereocenters. The van der Waals surface area contributed by atoms with Gasteiger partial charge in [-0.15, -0.1) is 0 Å². The van der Waals surface area contributed by atoms with E-state index in [2.05, 4.69) is 10.1 Å². The van der Waals surface area contributed by atoms with Crippen LogP contribution in [0, 0.1) is 5.92 Å². The van der Waals surface area contributed by atoms with Crippen molar-refractivity contribution in [1.82, 2.24) is 10.1 Å². The van der Waals surface area contributed by atoms with Gasteiger partial charge in [0.25, 0.3) is 0 Å². The van der Waals surface area contributed by atoms with Crippen molar-refractivity contribution in [1.29, 1.82) is 0 Å². The first-order chi connectivity index (χ1) is 9.58. The van der Waals surface area contributed by atoms with Crippen LogP contribution in [0.1, 0.15) is 70.5 Å². The molecule has 0 radical (unpaired) electrons. The van der Waals surface area contributed by atoms with Crippen molar-refractivity contribution in [3.63, 3.8) is 0 Å². The third-order valence-electron chi connectivity index (χ3n) is 4.80. The molecule has 2 N–H and O–H groups in total. The van der Waals surface area contributed by atoms with E-state index in [-0.39, 0.29) is 5.60 Å². The Bertz CT molecular complexity index is 454. The topological polar surface area (TPSA) is 74.2 Å². The van der Waals surface area contributed by atoms with Gasteiger partial charge in [-0.25, -0.2) is 0 Å². The zero-order chi connectivity index (χ0) is 14.2. The van der Waals surface area contributed by atoms with Gasteiger partial charge in [-0.05, 0) is 45.4 Å². The molecule has 5 heteroatoms. The summed E-state index contributed by atoms with van der Waals surface area (Å²) in [6.07, 6.45) is 7.84. The normalized spacial score (nSPS) is 25.4. The van der Waals surface area contributed by atoms with Crippen LogP contribution in [-0.2, 0) is 15.9 Å². The highest BCUT2D eigenvalue weighted by Crippen LogP contribution is 2.44. The number of hydrogen-bond acceptors (Lipinski definition) is 5. The van der Waals surface area contributed by atoms with Crippen LogP contribution in [0.3, 0.4) is 0 Å². The van der Waals surface area contributed by atoms with Crippen LogP contribution < -0.4 is 5.73 Å². The Kier molecular flexibility index (Phi) is 3.58. The first-order valence-corrected chi connectivity index (χ1v) is 7.86. The van der Waals surface area contributed by atoms with Crippen molar-refractivity contribution >= 4 is 0 Å². The second-order valence-electron chi connectivity index (χ2n) is 6.47. The summed E-state index contributed by atoms with van der Waals surface area (Å²) < 4.78 is 11.5. The van der Waals surface area contributed by atoms with E-state index in [1.54, 1.807) is 0 Å². The minimum Gasteiger partial charge on any atom is -0.367 e. The molecule has 0 bridgehead atoms. The molecule has 0 amide bonds. The Morgan fingerprint density at radius 3 is 2.65 bits per heavy atom. The van der Waals surface area contributed by atoms with Gasteiger partial charge in [-0.2, -0.15) is 4.98 Å². The number of rotatable bonds is 5. The van der Waals surface area contributed by atoms with Crippen LogP contribution in [0.5, 0.6) is 0 Å². The van der Waals surface area contributed by atoms with Crippen molar-refractivity contribution in [3.8, 4) is 0 Å². The summed E-state index contributed by atoms with van der Waals surface area (Å²) in [7, 11) is 0.